The van der Waals surface area contributed by atoms with Crippen molar-refractivity contribution in [1.82, 2.24) is 10.4 Å². The lowest BCUT2D eigenvalue weighted by atomic mass is 10.0. The number of hydrogen-bond donors (Lipinski definition) is 3. The van der Waals surface area contributed by atoms with Crippen LogP contribution in [-0.4, -0.2) is 54.5 Å². The highest BCUT2D eigenvalue weighted by molar-refractivity contribution is 7.82. The van der Waals surface area contributed by atoms with Crippen molar-refractivity contribution in [1.29, 1.82) is 0 Å². The normalized spacial score (nSPS) is 12.8. The summed E-state index contributed by atoms with van der Waals surface area (Å²) in [6.45, 7) is 5.01. The first-order chi connectivity index (χ1) is 30.3. The molecule has 2 unspecified atom stereocenters. The molecule has 3 N–H and O–H groups in total. The number of esters is 2. The highest BCUT2D eigenvalue weighted by atomic mass is 32.1. The Kier molecular flexibility index (Phi) is 34.2. The summed E-state index contributed by atoms with van der Waals surface area (Å²) in [6, 6.07) is 20.1. The monoisotopic (exact) mass is 919 g/mol. The van der Waals surface area contributed by atoms with Crippen molar-refractivity contribution < 1.29 is 33.0 Å². The predicted molar refractivity (Wildman–Crippen MR) is 265 cm³/mol. The van der Waals surface area contributed by atoms with Crippen LogP contribution in [0.2, 0.25) is 0 Å². The third-order valence-corrected chi connectivity index (χ3v) is 15.1. The summed E-state index contributed by atoms with van der Waals surface area (Å²) < 4.78 is 29.8. The molecule has 0 saturated carbocycles. The zero-order chi connectivity index (χ0) is 44.8. The third-order valence-electron chi connectivity index (χ3n) is 11.1. The quantitative estimate of drug-likeness (QED) is 0.0258. The Bertz CT molecular complexity index is 1420. The number of benzene rings is 2. The second-order valence-corrected chi connectivity index (χ2v) is 21.0. The number of thiocarbonyl (C=S) groups is 1. The number of carbonyl (C=O) groups is 2. The van der Waals surface area contributed by atoms with Crippen molar-refractivity contribution in [2.75, 3.05) is 32.5 Å². The molecule has 352 valence electrons. The summed E-state index contributed by atoms with van der Waals surface area (Å²) in [5, 5.41) is 9.07. The first-order valence-corrected chi connectivity index (χ1v) is 28.0. The van der Waals surface area contributed by atoms with Crippen LogP contribution in [0, 0.1) is 5.92 Å². The van der Waals surface area contributed by atoms with Crippen molar-refractivity contribution in [2.45, 2.75) is 187 Å². The SMILES string of the molecule is CCCCCCCCCCCCCCCOC(=O)CC(CP(=O)(O)OCCNC(=S)NP(c1ccccc1)c1ccccc1)C(=O)OCCCCCCCCCCCCCCC. The number of carbonyl (C=O) groups excluding carboxylic acids is 2. The third kappa shape index (κ3) is 29.9. The van der Waals surface area contributed by atoms with Crippen molar-refractivity contribution in [3.63, 3.8) is 0 Å². The van der Waals surface area contributed by atoms with E-state index in [1.807, 2.05) is 36.4 Å². The van der Waals surface area contributed by atoms with Crippen LogP contribution in [0.5, 0.6) is 0 Å². The van der Waals surface area contributed by atoms with Crippen LogP contribution in [0.25, 0.3) is 0 Å². The molecule has 2 atom stereocenters. The topological polar surface area (TPSA) is 123 Å². The molecule has 0 aliphatic carbocycles. The fourth-order valence-corrected chi connectivity index (χ4v) is 10.9. The molecule has 0 amide bonds. The van der Waals surface area contributed by atoms with Gasteiger partial charge < -0.3 is 29.3 Å². The summed E-state index contributed by atoms with van der Waals surface area (Å²) in [4.78, 5) is 37.1. The van der Waals surface area contributed by atoms with Crippen molar-refractivity contribution in [3.8, 4) is 0 Å². The molecule has 2 aromatic rings. The fourth-order valence-electron chi connectivity index (χ4n) is 7.46. The van der Waals surface area contributed by atoms with E-state index >= 15 is 0 Å². The van der Waals surface area contributed by atoms with Gasteiger partial charge in [0.25, 0.3) is 0 Å². The van der Waals surface area contributed by atoms with E-state index < -0.39 is 39.7 Å². The minimum Gasteiger partial charge on any atom is -0.466 e. The van der Waals surface area contributed by atoms with E-state index in [9.17, 15) is 19.0 Å². The van der Waals surface area contributed by atoms with Gasteiger partial charge in [0.15, 0.2) is 5.11 Å². The summed E-state index contributed by atoms with van der Waals surface area (Å²) in [5.74, 6) is -2.39. The summed E-state index contributed by atoms with van der Waals surface area (Å²) in [5.41, 5.74) is 0. The van der Waals surface area contributed by atoms with Gasteiger partial charge in [-0.2, -0.15) is 0 Å². The maximum atomic E-state index is 13.3. The van der Waals surface area contributed by atoms with Gasteiger partial charge in [0.05, 0.1) is 46.4 Å². The van der Waals surface area contributed by atoms with Crippen LogP contribution in [0.15, 0.2) is 60.7 Å². The van der Waals surface area contributed by atoms with E-state index in [4.69, 9.17) is 26.2 Å². The largest absolute Gasteiger partial charge is 0.466 e. The molecule has 0 radical (unpaired) electrons. The lowest BCUT2D eigenvalue weighted by Gasteiger charge is -2.22. The van der Waals surface area contributed by atoms with E-state index in [2.05, 4.69) is 48.5 Å². The van der Waals surface area contributed by atoms with Crippen LogP contribution < -0.4 is 21.0 Å². The lowest BCUT2D eigenvalue weighted by molar-refractivity contribution is -0.154. The minimum absolute atomic E-state index is 0.131. The maximum Gasteiger partial charge on any atom is 0.329 e. The average molecular weight is 919 g/mol. The molecule has 0 aliphatic rings. The zero-order valence-corrected chi connectivity index (χ0v) is 41.3. The van der Waals surface area contributed by atoms with Gasteiger partial charge >= 0.3 is 19.5 Å². The van der Waals surface area contributed by atoms with Crippen molar-refractivity contribution >= 4 is 55.5 Å². The Balaban J connectivity index is 1.77. The highest BCUT2D eigenvalue weighted by Crippen LogP contribution is 2.44. The molecular formula is C50H84N2O7P2S. The fraction of sp³-hybridized carbons (Fsp3) is 0.700. The molecule has 0 spiro atoms. The van der Waals surface area contributed by atoms with Crippen LogP contribution >= 0.6 is 27.9 Å². The van der Waals surface area contributed by atoms with E-state index in [0.29, 0.717) is 11.5 Å². The molecule has 0 aliphatic heterocycles. The van der Waals surface area contributed by atoms with Gasteiger partial charge in [-0.15, -0.1) is 0 Å². The van der Waals surface area contributed by atoms with Gasteiger partial charge in [0, 0.05) is 17.2 Å². The Morgan fingerprint density at radius 1 is 0.597 bits per heavy atom. The first kappa shape index (κ1) is 55.8. The lowest BCUT2D eigenvalue weighted by Crippen LogP contribution is -2.38. The first-order valence-electron chi connectivity index (χ1n) is 24.5. The Hall–Kier alpha value is -2.35. The molecule has 0 bridgehead atoms. The van der Waals surface area contributed by atoms with Crippen LogP contribution in [0.3, 0.4) is 0 Å². The predicted octanol–water partition coefficient (Wildman–Crippen LogP) is 13.0. The smallest absolute Gasteiger partial charge is 0.329 e. The Labute approximate surface area is 383 Å². The van der Waals surface area contributed by atoms with Gasteiger partial charge in [-0.1, -0.05) is 229 Å². The summed E-state index contributed by atoms with van der Waals surface area (Å²) in [6.07, 6.45) is 30.7. The number of rotatable bonds is 40. The number of nitrogens with one attached hydrogen (secondary N) is 2. The second kappa shape index (κ2) is 38.0. The standard InChI is InChI=1S/C50H84N2O7P2S/c1-3-5-7-9-11-13-15-17-19-21-23-25-33-40-57-48(53)43-45(49(54)58-41-34-26-24-22-20-18-16-14-12-10-8-6-4-2)44-61(55,56)59-42-39-51-50(62)52-60(46-35-29-27-30-36-46)47-37-31-28-32-38-47/h27-32,35-38,45H,3-26,33-34,39-44H2,1-2H3,(H,55,56)(H2,51,52,62). The average Bonchev–Trinajstić information content (AvgIpc) is 3.27. The Morgan fingerprint density at radius 2 is 0.984 bits per heavy atom. The number of unbranched alkanes of at least 4 members (excludes halogenated alkanes) is 24. The minimum atomic E-state index is -4.28. The molecule has 2 aromatic carbocycles. The molecule has 0 fully saturated rings. The van der Waals surface area contributed by atoms with E-state index in [1.165, 1.54) is 128 Å². The maximum absolute atomic E-state index is 13.3. The van der Waals surface area contributed by atoms with Crippen LogP contribution in [0.1, 0.15) is 187 Å². The van der Waals surface area contributed by atoms with Crippen molar-refractivity contribution in [2.24, 2.45) is 5.92 Å². The molecule has 9 nitrogen and oxygen atoms in total. The molecule has 62 heavy (non-hydrogen) atoms. The van der Waals surface area contributed by atoms with Gasteiger partial charge in [0.2, 0.25) is 0 Å². The van der Waals surface area contributed by atoms with E-state index in [-0.39, 0.29) is 32.8 Å². The summed E-state index contributed by atoms with van der Waals surface area (Å²) in [7, 11) is -5.27. The molecule has 0 heterocycles. The molecule has 12 heteroatoms. The second-order valence-electron chi connectivity index (χ2n) is 16.8. The molecule has 2 rings (SSSR count). The van der Waals surface area contributed by atoms with Gasteiger partial charge in [-0.05, 0) is 25.1 Å². The van der Waals surface area contributed by atoms with Gasteiger partial charge in [-0.25, -0.2) is 0 Å². The van der Waals surface area contributed by atoms with Gasteiger partial charge in [0.1, 0.15) is 0 Å². The van der Waals surface area contributed by atoms with Crippen molar-refractivity contribution in [3.05, 3.63) is 60.7 Å². The number of hydrogen-bond acceptors (Lipinski definition) is 7. The summed E-state index contributed by atoms with van der Waals surface area (Å²) >= 11 is 5.59. The van der Waals surface area contributed by atoms with Gasteiger partial charge in [-0.3, -0.25) is 14.2 Å². The molecule has 0 saturated heterocycles. The highest BCUT2D eigenvalue weighted by Gasteiger charge is 2.33. The van der Waals surface area contributed by atoms with Crippen LogP contribution in [0.4, 0.5) is 0 Å². The molecular weight excluding hydrogens is 835 g/mol. The van der Waals surface area contributed by atoms with E-state index in [1.54, 1.807) is 0 Å². The zero-order valence-electron chi connectivity index (χ0n) is 38.7. The Morgan fingerprint density at radius 3 is 1.40 bits per heavy atom. The van der Waals surface area contributed by atoms with Crippen LogP contribution in [-0.2, 0) is 28.2 Å². The van der Waals surface area contributed by atoms with E-state index in [0.717, 1.165) is 42.7 Å². The number of ether oxygens (including phenoxy) is 2. The molecule has 0 aromatic heterocycles.